The minimum Gasteiger partial charge on any atom is -0.469 e. The van der Waals surface area contributed by atoms with E-state index in [0.717, 1.165) is 5.56 Å². The molecule has 2 aromatic rings. The van der Waals surface area contributed by atoms with Gasteiger partial charge in [0.25, 0.3) is 5.91 Å². The van der Waals surface area contributed by atoms with Crippen molar-refractivity contribution in [2.75, 3.05) is 6.61 Å². The average molecular weight is 370 g/mol. The zero-order valence-corrected chi connectivity index (χ0v) is 14.6. The van der Waals surface area contributed by atoms with E-state index in [2.05, 4.69) is 5.32 Å². The molecule has 0 radical (unpaired) electrons. The van der Waals surface area contributed by atoms with Crippen molar-refractivity contribution in [3.63, 3.8) is 0 Å². The second-order valence-corrected chi connectivity index (χ2v) is 6.04. The number of carbonyl (C=O) groups excluding carboxylic acids is 2. The number of amides is 1. The van der Waals surface area contributed by atoms with Gasteiger partial charge in [0.1, 0.15) is 5.76 Å². The average Bonchev–Trinajstić information content (AvgIpc) is 3.04. The molecule has 0 aliphatic rings. The number of rotatable bonds is 7. The highest BCUT2D eigenvalue weighted by Gasteiger charge is 2.14. The van der Waals surface area contributed by atoms with E-state index in [1.165, 1.54) is 6.26 Å². The van der Waals surface area contributed by atoms with Gasteiger partial charge in [0, 0.05) is 16.5 Å². The van der Waals surface area contributed by atoms with Gasteiger partial charge in [0.05, 0.1) is 18.7 Å². The lowest BCUT2D eigenvalue weighted by Gasteiger charge is -2.16. The number of nitrogens with one attached hydrogen (secondary N) is 1. The van der Waals surface area contributed by atoms with Crippen LogP contribution in [-0.4, -0.2) is 18.5 Å². The number of hydrogen-bond donors (Lipinski definition) is 1. The van der Waals surface area contributed by atoms with Gasteiger partial charge in [-0.3, -0.25) is 9.59 Å². The topological polar surface area (TPSA) is 68.5 Å². The normalized spacial score (nSPS) is 11.8. The van der Waals surface area contributed by atoms with Crippen LogP contribution in [-0.2, 0) is 20.7 Å². The molecule has 0 bridgehead atoms. The third kappa shape index (κ3) is 5.58. The van der Waals surface area contributed by atoms with Crippen molar-refractivity contribution >= 4 is 35.1 Å². The number of aryl methyl sites for hydroxylation is 1. The first-order chi connectivity index (χ1) is 11.5. The smallest absolute Gasteiger partial charge is 0.306 e. The third-order valence-corrected chi connectivity index (χ3v) is 3.89. The fraction of sp³-hybridized carbons (Fsp3) is 0.294. The van der Waals surface area contributed by atoms with Gasteiger partial charge in [0.15, 0.2) is 6.61 Å². The van der Waals surface area contributed by atoms with Gasteiger partial charge in [-0.15, -0.1) is 0 Å². The molecule has 1 aromatic heterocycles. The number of hydrogen-bond acceptors (Lipinski definition) is 4. The molecule has 0 saturated heterocycles. The summed E-state index contributed by atoms with van der Waals surface area (Å²) in [5.41, 5.74) is 0.735. The quantitative estimate of drug-likeness (QED) is 0.750. The third-order valence-electron chi connectivity index (χ3n) is 3.33. The lowest BCUT2D eigenvalue weighted by Crippen LogP contribution is -2.31. The molecule has 1 atom stereocenters. The molecule has 1 aromatic carbocycles. The first kappa shape index (κ1) is 18.4. The van der Waals surface area contributed by atoms with E-state index in [-0.39, 0.29) is 19.1 Å². The number of halogens is 2. The van der Waals surface area contributed by atoms with Crippen LogP contribution in [0.4, 0.5) is 0 Å². The van der Waals surface area contributed by atoms with E-state index in [1.807, 2.05) is 0 Å². The molecular weight excluding hydrogens is 353 g/mol. The molecule has 7 heteroatoms. The zero-order valence-electron chi connectivity index (χ0n) is 13.1. The summed E-state index contributed by atoms with van der Waals surface area (Å²) in [6.07, 6.45) is 2.13. The molecule has 0 aliphatic carbocycles. The van der Waals surface area contributed by atoms with Gasteiger partial charge in [-0.05, 0) is 36.8 Å². The number of benzene rings is 1. The molecule has 1 N–H and O–H groups in total. The van der Waals surface area contributed by atoms with Crippen LogP contribution in [0.3, 0.4) is 0 Å². The van der Waals surface area contributed by atoms with Crippen LogP contribution < -0.4 is 5.32 Å². The van der Waals surface area contributed by atoms with E-state index in [0.29, 0.717) is 22.2 Å². The number of furan rings is 1. The Morgan fingerprint density at radius 1 is 1.29 bits per heavy atom. The Morgan fingerprint density at radius 2 is 2.08 bits per heavy atom. The Labute approximate surface area is 149 Å². The predicted octanol–water partition coefficient (Wildman–Crippen LogP) is 3.94. The molecule has 24 heavy (non-hydrogen) atoms. The maximum Gasteiger partial charge on any atom is 0.306 e. The second-order valence-electron chi connectivity index (χ2n) is 5.20. The monoisotopic (exact) mass is 369 g/mol. The minimum absolute atomic E-state index is 0.152. The highest BCUT2D eigenvalue weighted by Crippen LogP contribution is 2.25. The molecule has 128 valence electrons. The molecule has 1 amide bonds. The highest BCUT2D eigenvalue weighted by molar-refractivity contribution is 6.35. The Kier molecular flexibility index (Phi) is 6.70. The molecule has 5 nitrogen and oxygen atoms in total. The van der Waals surface area contributed by atoms with Crippen molar-refractivity contribution in [3.05, 3.63) is 58.0 Å². The Hall–Kier alpha value is -1.98. The largest absolute Gasteiger partial charge is 0.469 e. The second kappa shape index (κ2) is 8.76. The van der Waals surface area contributed by atoms with Crippen LogP contribution in [0.15, 0.2) is 41.0 Å². The van der Waals surface area contributed by atoms with Crippen LogP contribution in [0.5, 0.6) is 0 Å². The molecule has 0 spiro atoms. The standard InChI is InChI=1S/C17H17Cl2NO4/c1-11(14-6-4-12(18)9-15(14)19)20-16(21)10-24-17(22)7-5-13-3-2-8-23-13/h2-4,6,8-9,11H,5,7,10H2,1H3,(H,20,21). The van der Waals surface area contributed by atoms with Crippen LogP contribution in [0.2, 0.25) is 10.0 Å². The molecule has 0 fully saturated rings. The summed E-state index contributed by atoms with van der Waals surface area (Å²) >= 11 is 11.9. The van der Waals surface area contributed by atoms with Crippen LogP contribution >= 0.6 is 23.2 Å². The SMILES string of the molecule is CC(NC(=O)COC(=O)CCc1ccco1)c1ccc(Cl)cc1Cl. The van der Waals surface area contributed by atoms with Gasteiger partial charge in [-0.25, -0.2) is 0 Å². The number of carbonyl (C=O) groups is 2. The summed E-state index contributed by atoms with van der Waals surface area (Å²) in [6.45, 7) is 1.44. The van der Waals surface area contributed by atoms with Crippen LogP contribution in [0.1, 0.15) is 30.7 Å². The van der Waals surface area contributed by atoms with Crippen molar-refractivity contribution in [3.8, 4) is 0 Å². The van der Waals surface area contributed by atoms with Crippen molar-refractivity contribution in [2.45, 2.75) is 25.8 Å². The Bertz CT molecular complexity index is 701. The summed E-state index contributed by atoms with van der Waals surface area (Å²) in [7, 11) is 0. The highest BCUT2D eigenvalue weighted by atomic mass is 35.5. The van der Waals surface area contributed by atoms with E-state index < -0.39 is 11.9 Å². The van der Waals surface area contributed by atoms with Gasteiger partial charge in [0.2, 0.25) is 0 Å². The number of ether oxygens (including phenoxy) is 1. The summed E-state index contributed by atoms with van der Waals surface area (Å²) in [5.74, 6) is -0.166. The van der Waals surface area contributed by atoms with Crippen molar-refractivity contribution in [1.29, 1.82) is 0 Å². The molecule has 0 saturated carbocycles. The fourth-order valence-electron chi connectivity index (χ4n) is 2.11. The van der Waals surface area contributed by atoms with Gasteiger partial charge in [-0.1, -0.05) is 29.3 Å². The van der Waals surface area contributed by atoms with Crippen molar-refractivity contribution in [1.82, 2.24) is 5.32 Å². The summed E-state index contributed by atoms with van der Waals surface area (Å²) < 4.78 is 10.1. The summed E-state index contributed by atoms with van der Waals surface area (Å²) in [5, 5.41) is 3.70. The zero-order chi connectivity index (χ0) is 17.5. The molecule has 1 unspecified atom stereocenters. The Morgan fingerprint density at radius 3 is 2.75 bits per heavy atom. The maximum absolute atomic E-state index is 11.9. The minimum atomic E-state index is -0.460. The lowest BCUT2D eigenvalue weighted by atomic mass is 10.1. The van der Waals surface area contributed by atoms with E-state index in [1.54, 1.807) is 37.3 Å². The molecular formula is C17H17Cl2NO4. The maximum atomic E-state index is 11.9. The van der Waals surface area contributed by atoms with Crippen molar-refractivity contribution in [2.24, 2.45) is 0 Å². The van der Waals surface area contributed by atoms with Crippen LogP contribution in [0.25, 0.3) is 0 Å². The Balaban J connectivity index is 1.75. The molecule has 1 heterocycles. The number of esters is 1. The van der Waals surface area contributed by atoms with E-state index in [9.17, 15) is 9.59 Å². The van der Waals surface area contributed by atoms with Crippen molar-refractivity contribution < 1.29 is 18.7 Å². The lowest BCUT2D eigenvalue weighted by molar-refractivity contribution is -0.148. The summed E-state index contributed by atoms with van der Waals surface area (Å²) in [6, 6.07) is 8.24. The van der Waals surface area contributed by atoms with Crippen LogP contribution in [0, 0.1) is 0 Å². The molecule has 2 rings (SSSR count). The van der Waals surface area contributed by atoms with Gasteiger partial charge >= 0.3 is 5.97 Å². The first-order valence-corrected chi connectivity index (χ1v) is 8.13. The summed E-state index contributed by atoms with van der Waals surface area (Å²) in [4.78, 5) is 23.5. The van der Waals surface area contributed by atoms with E-state index in [4.69, 9.17) is 32.4 Å². The molecule has 0 aliphatic heterocycles. The van der Waals surface area contributed by atoms with Gasteiger partial charge < -0.3 is 14.5 Å². The first-order valence-electron chi connectivity index (χ1n) is 7.38. The predicted molar refractivity (Wildman–Crippen MR) is 91.0 cm³/mol. The fourth-order valence-corrected chi connectivity index (χ4v) is 2.68. The van der Waals surface area contributed by atoms with E-state index >= 15 is 0 Å². The van der Waals surface area contributed by atoms with Gasteiger partial charge in [-0.2, -0.15) is 0 Å².